The van der Waals surface area contributed by atoms with Crippen molar-refractivity contribution >= 4 is 33.2 Å². The van der Waals surface area contributed by atoms with E-state index in [0.717, 1.165) is 0 Å². The van der Waals surface area contributed by atoms with E-state index in [0.29, 0.717) is 12.1 Å². The number of halogens is 1. The highest BCUT2D eigenvalue weighted by molar-refractivity contribution is 9.10. The maximum atomic E-state index is 11.8. The fourth-order valence-corrected chi connectivity index (χ4v) is 1.62. The van der Waals surface area contributed by atoms with Crippen LogP contribution >= 0.6 is 15.9 Å². The Morgan fingerprint density at radius 1 is 1.47 bits per heavy atom. The second-order valence-corrected chi connectivity index (χ2v) is 4.65. The molecule has 0 N–H and O–H groups in total. The van der Waals surface area contributed by atoms with Crippen molar-refractivity contribution in [2.75, 3.05) is 11.9 Å². The van der Waals surface area contributed by atoms with Crippen LogP contribution in [0.3, 0.4) is 0 Å². The number of hydrogen-bond donors (Lipinski definition) is 0. The van der Waals surface area contributed by atoms with E-state index in [1.54, 1.807) is 19.2 Å². The zero-order valence-electron chi connectivity index (χ0n) is 9.59. The first kappa shape index (κ1) is 13.6. The second kappa shape index (κ2) is 5.77. The first-order valence-electron chi connectivity index (χ1n) is 5.13. The molecule has 0 spiro atoms. The Bertz CT molecular complexity index is 419. The molecular formula is C11H13BrN2O3. The number of carbonyl (C=O) groups is 1. The summed E-state index contributed by atoms with van der Waals surface area (Å²) in [7, 11) is 1.65. The van der Waals surface area contributed by atoms with Gasteiger partial charge in [-0.3, -0.25) is 14.9 Å². The van der Waals surface area contributed by atoms with Crippen molar-refractivity contribution in [3.63, 3.8) is 0 Å². The fourth-order valence-electron chi connectivity index (χ4n) is 1.31. The third-order valence-electron chi connectivity index (χ3n) is 2.40. The lowest BCUT2D eigenvalue weighted by Crippen LogP contribution is -2.32. The van der Waals surface area contributed by atoms with E-state index in [2.05, 4.69) is 15.9 Å². The number of nitro groups is 1. The van der Waals surface area contributed by atoms with E-state index < -0.39 is 4.92 Å². The number of carbonyl (C=O) groups excluding carboxylic acids is 1. The monoisotopic (exact) mass is 300 g/mol. The van der Waals surface area contributed by atoms with Gasteiger partial charge in [0, 0.05) is 24.9 Å². The minimum Gasteiger partial charge on any atom is -0.315 e. The Hall–Kier alpha value is -1.43. The lowest BCUT2D eigenvalue weighted by atomic mass is 10.2. The maximum absolute atomic E-state index is 11.8. The molecule has 1 aromatic carbocycles. The van der Waals surface area contributed by atoms with Crippen LogP contribution in [-0.2, 0) is 4.79 Å². The van der Waals surface area contributed by atoms with Gasteiger partial charge < -0.3 is 4.90 Å². The van der Waals surface area contributed by atoms with Crippen LogP contribution in [0.15, 0.2) is 24.3 Å². The fraction of sp³-hybridized carbons (Fsp3) is 0.364. The number of non-ortho nitro benzene ring substituents is 1. The van der Waals surface area contributed by atoms with Gasteiger partial charge in [-0.25, -0.2) is 0 Å². The van der Waals surface area contributed by atoms with E-state index in [1.807, 2.05) is 6.92 Å². The lowest BCUT2D eigenvalue weighted by Gasteiger charge is -2.19. The molecule has 0 saturated carbocycles. The maximum Gasteiger partial charge on any atom is 0.269 e. The molecule has 92 valence electrons. The number of rotatable bonds is 4. The van der Waals surface area contributed by atoms with Gasteiger partial charge in [-0.15, -0.1) is 0 Å². The quantitative estimate of drug-likeness (QED) is 0.488. The number of hydrogen-bond acceptors (Lipinski definition) is 3. The van der Waals surface area contributed by atoms with Crippen LogP contribution in [0.2, 0.25) is 0 Å². The summed E-state index contributed by atoms with van der Waals surface area (Å²) >= 11 is 3.28. The van der Waals surface area contributed by atoms with Crippen molar-refractivity contribution in [3.05, 3.63) is 34.4 Å². The summed E-state index contributed by atoms with van der Waals surface area (Å²) in [5.74, 6) is -0.0682. The average molecular weight is 301 g/mol. The summed E-state index contributed by atoms with van der Waals surface area (Å²) in [6.45, 7) is 1.90. The molecule has 6 heteroatoms. The van der Waals surface area contributed by atoms with Crippen molar-refractivity contribution in [2.24, 2.45) is 0 Å². The summed E-state index contributed by atoms with van der Waals surface area (Å²) in [6, 6.07) is 5.89. The zero-order chi connectivity index (χ0) is 13.0. The standard InChI is InChI=1S/C11H13BrN2O3/c1-3-10(12)11(15)13(2)8-4-6-9(7-5-8)14(16)17/h4-7,10H,3H2,1-2H3. The van der Waals surface area contributed by atoms with Crippen LogP contribution in [0, 0.1) is 10.1 Å². The van der Waals surface area contributed by atoms with Crippen molar-refractivity contribution in [1.82, 2.24) is 0 Å². The molecule has 1 aromatic rings. The molecule has 0 fully saturated rings. The number of amides is 1. The molecule has 17 heavy (non-hydrogen) atoms. The van der Waals surface area contributed by atoms with E-state index in [1.165, 1.54) is 17.0 Å². The molecule has 5 nitrogen and oxygen atoms in total. The number of alkyl halides is 1. The first-order chi connectivity index (χ1) is 7.97. The predicted molar refractivity (Wildman–Crippen MR) is 69.5 cm³/mol. The summed E-state index contributed by atoms with van der Waals surface area (Å²) in [5.41, 5.74) is 0.652. The minimum atomic E-state index is -0.467. The van der Waals surface area contributed by atoms with Gasteiger partial charge in [-0.2, -0.15) is 0 Å². The number of benzene rings is 1. The van der Waals surface area contributed by atoms with Crippen LogP contribution in [0.5, 0.6) is 0 Å². The third-order valence-corrected chi connectivity index (χ3v) is 3.44. The molecule has 0 aliphatic heterocycles. The average Bonchev–Trinajstić information content (AvgIpc) is 2.36. The van der Waals surface area contributed by atoms with Gasteiger partial charge in [0.25, 0.3) is 5.69 Å². The van der Waals surface area contributed by atoms with Crippen LogP contribution in [-0.4, -0.2) is 22.7 Å². The molecular weight excluding hydrogens is 288 g/mol. The number of nitro benzene ring substituents is 1. The number of anilines is 1. The molecule has 1 amide bonds. The van der Waals surface area contributed by atoms with E-state index >= 15 is 0 Å². The molecule has 0 saturated heterocycles. The van der Waals surface area contributed by atoms with Gasteiger partial charge in [0.1, 0.15) is 0 Å². The molecule has 1 rings (SSSR count). The van der Waals surface area contributed by atoms with Crippen molar-refractivity contribution in [2.45, 2.75) is 18.2 Å². The van der Waals surface area contributed by atoms with Crippen molar-refractivity contribution in [3.8, 4) is 0 Å². The van der Waals surface area contributed by atoms with E-state index in [-0.39, 0.29) is 16.4 Å². The van der Waals surface area contributed by atoms with Crippen LogP contribution < -0.4 is 4.90 Å². The Kier molecular flexibility index (Phi) is 4.62. The van der Waals surface area contributed by atoms with Crippen molar-refractivity contribution < 1.29 is 9.72 Å². The van der Waals surface area contributed by atoms with Gasteiger partial charge >= 0.3 is 0 Å². The SMILES string of the molecule is CCC(Br)C(=O)N(C)c1ccc([N+](=O)[O-])cc1. The predicted octanol–water partition coefficient (Wildman–Crippen LogP) is 2.73. The normalized spacial score (nSPS) is 11.9. The molecule has 0 heterocycles. The summed E-state index contributed by atoms with van der Waals surface area (Å²) in [5, 5.41) is 10.5. The first-order valence-corrected chi connectivity index (χ1v) is 6.05. The molecule has 0 aliphatic rings. The van der Waals surface area contributed by atoms with Crippen molar-refractivity contribution in [1.29, 1.82) is 0 Å². The Balaban J connectivity index is 2.86. The number of nitrogens with zero attached hydrogens (tertiary/aromatic N) is 2. The topological polar surface area (TPSA) is 63.5 Å². The highest BCUT2D eigenvalue weighted by Gasteiger charge is 2.18. The molecule has 0 aliphatic carbocycles. The molecule has 0 aromatic heterocycles. The third kappa shape index (κ3) is 3.26. The molecule has 0 bridgehead atoms. The Labute approximate surface area is 108 Å². The summed E-state index contributed by atoms with van der Waals surface area (Å²) < 4.78 is 0. The lowest BCUT2D eigenvalue weighted by molar-refractivity contribution is -0.384. The summed E-state index contributed by atoms with van der Waals surface area (Å²) in [6.07, 6.45) is 0.691. The Morgan fingerprint density at radius 2 is 2.00 bits per heavy atom. The van der Waals surface area contributed by atoms with Gasteiger partial charge in [-0.1, -0.05) is 22.9 Å². The molecule has 0 radical (unpaired) electrons. The van der Waals surface area contributed by atoms with Gasteiger partial charge in [0.05, 0.1) is 9.75 Å². The zero-order valence-corrected chi connectivity index (χ0v) is 11.2. The Morgan fingerprint density at radius 3 is 2.41 bits per heavy atom. The highest BCUT2D eigenvalue weighted by Crippen LogP contribution is 2.20. The summed E-state index contributed by atoms with van der Waals surface area (Å²) in [4.78, 5) is 23.1. The van der Waals surface area contributed by atoms with Gasteiger partial charge in [0.2, 0.25) is 5.91 Å². The molecule has 1 unspecified atom stereocenters. The van der Waals surface area contributed by atoms with E-state index in [9.17, 15) is 14.9 Å². The molecule has 1 atom stereocenters. The minimum absolute atomic E-state index is 0.0143. The van der Waals surface area contributed by atoms with Crippen LogP contribution in [0.4, 0.5) is 11.4 Å². The van der Waals surface area contributed by atoms with Gasteiger partial charge in [-0.05, 0) is 18.6 Å². The van der Waals surface area contributed by atoms with Crippen LogP contribution in [0.1, 0.15) is 13.3 Å². The smallest absolute Gasteiger partial charge is 0.269 e. The van der Waals surface area contributed by atoms with Crippen LogP contribution in [0.25, 0.3) is 0 Å². The van der Waals surface area contributed by atoms with Gasteiger partial charge in [0.15, 0.2) is 0 Å². The van der Waals surface area contributed by atoms with E-state index in [4.69, 9.17) is 0 Å². The second-order valence-electron chi connectivity index (χ2n) is 3.55. The largest absolute Gasteiger partial charge is 0.315 e. The highest BCUT2D eigenvalue weighted by atomic mass is 79.9.